The molecule has 0 radical (unpaired) electrons. The molecule has 0 saturated heterocycles. The van der Waals surface area contributed by atoms with E-state index in [1.54, 1.807) is 0 Å². The van der Waals surface area contributed by atoms with Crippen LogP contribution < -0.4 is 10.5 Å². The van der Waals surface area contributed by atoms with Crippen LogP contribution in [0.2, 0.25) is 0 Å². The number of ether oxygens (including phenoxy) is 1. The standard InChI is InChI=1S/C10H6F3N3O3/c11-10(12,13)19-8-5-3-1-2-4-6(5)15-9(14)7(8)16(17)18/h1-4H,(H2,14,15). The second-order valence-corrected chi connectivity index (χ2v) is 3.50. The summed E-state index contributed by atoms with van der Waals surface area (Å²) in [5, 5.41) is 10.7. The zero-order valence-corrected chi connectivity index (χ0v) is 9.14. The van der Waals surface area contributed by atoms with Crippen molar-refractivity contribution in [1.29, 1.82) is 0 Å². The summed E-state index contributed by atoms with van der Waals surface area (Å²) in [6, 6.07) is 5.53. The molecule has 0 amide bonds. The average Bonchev–Trinajstić information content (AvgIpc) is 2.26. The summed E-state index contributed by atoms with van der Waals surface area (Å²) in [7, 11) is 0. The van der Waals surface area contributed by atoms with E-state index in [-0.39, 0.29) is 10.9 Å². The van der Waals surface area contributed by atoms with Gasteiger partial charge in [0.25, 0.3) is 0 Å². The average molecular weight is 273 g/mol. The molecule has 0 unspecified atom stereocenters. The summed E-state index contributed by atoms with van der Waals surface area (Å²) >= 11 is 0. The molecule has 0 bridgehead atoms. The molecule has 0 aliphatic heterocycles. The Morgan fingerprint density at radius 2 is 1.95 bits per heavy atom. The molecular formula is C10H6F3N3O3. The van der Waals surface area contributed by atoms with Crippen LogP contribution in [0.5, 0.6) is 5.75 Å². The van der Waals surface area contributed by atoms with Crippen molar-refractivity contribution in [2.24, 2.45) is 0 Å². The van der Waals surface area contributed by atoms with Crippen LogP contribution in [0.15, 0.2) is 24.3 Å². The maximum atomic E-state index is 12.3. The Morgan fingerprint density at radius 3 is 2.53 bits per heavy atom. The summed E-state index contributed by atoms with van der Waals surface area (Å²) in [4.78, 5) is 13.4. The highest BCUT2D eigenvalue weighted by Gasteiger charge is 2.37. The molecular weight excluding hydrogens is 267 g/mol. The first kappa shape index (κ1) is 12.9. The molecule has 2 rings (SSSR count). The van der Waals surface area contributed by atoms with Gasteiger partial charge in [0.05, 0.1) is 15.8 Å². The molecule has 19 heavy (non-hydrogen) atoms. The molecule has 2 N–H and O–H groups in total. The lowest BCUT2D eigenvalue weighted by molar-refractivity contribution is -0.387. The predicted molar refractivity (Wildman–Crippen MR) is 59.5 cm³/mol. The lowest BCUT2D eigenvalue weighted by atomic mass is 10.2. The topological polar surface area (TPSA) is 91.3 Å². The van der Waals surface area contributed by atoms with Crippen LogP contribution in [-0.2, 0) is 0 Å². The van der Waals surface area contributed by atoms with E-state index in [4.69, 9.17) is 5.73 Å². The molecule has 100 valence electrons. The number of alkyl halides is 3. The van der Waals surface area contributed by atoms with E-state index in [0.29, 0.717) is 0 Å². The quantitative estimate of drug-likeness (QED) is 0.670. The van der Waals surface area contributed by atoms with E-state index in [9.17, 15) is 23.3 Å². The third-order valence-electron chi connectivity index (χ3n) is 2.25. The van der Waals surface area contributed by atoms with Crippen LogP contribution >= 0.6 is 0 Å². The number of para-hydroxylation sites is 1. The number of nitrogens with zero attached hydrogens (tertiary/aromatic N) is 2. The largest absolute Gasteiger partial charge is 0.573 e. The third-order valence-corrected chi connectivity index (χ3v) is 2.25. The molecule has 2 aromatic rings. The fraction of sp³-hybridized carbons (Fsp3) is 0.100. The first-order valence-electron chi connectivity index (χ1n) is 4.88. The van der Waals surface area contributed by atoms with Gasteiger partial charge in [-0.2, -0.15) is 0 Å². The van der Waals surface area contributed by atoms with E-state index in [1.807, 2.05) is 0 Å². The Balaban J connectivity index is 2.80. The normalized spacial score (nSPS) is 11.5. The van der Waals surface area contributed by atoms with Crippen molar-refractivity contribution in [3.63, 3.8) is 0 Å². The summed E-state index contributed by atoms with van der Waals surface area (Å²) < 4.78 is 40.7. The van der Waals surface area contributed by atoms with Crippen molar-refractivity contribution in [3.05, 3.63) is 34.4 Å². The Kier molecular flexibility index (Phi) is 2.89. The molecule has 0 saturated carbocycles. The SMILES string of the molecule is Nc1nc2ccccc2c(OC(F)(F)F)c1[N+](=O)[O-]. The number of halogens is 3. The molecule has 1 aromatic heterocycles. The van der Waals surface area contributed by atoms with E-state index < -0.39 is 28.5 Å². The molecule has 0 aliphatic carbocycles. The van der Waals surface area contributed by atoms with Gasteiger partial charge in [0.15, 0.2) is 0 Å². The van der Waals surface area contributed by atoms with Crippen molar-refractivity contribution >= 4 is 22.4 Å². The van der Waals surface area contributed by atoms with Crippen LogP contribution in [0.1, 0.15) is 0 Å². The molecule has 0 spiro atoms. The summed E-state index contributed by atoms with van der Waals surface area (Å²) in [5.74, 6) is -1.59. The molecule has 9 heteroatoms. The Labute approximate surface area is 103 Å². The second kappa shape index (κ2) is 4.26. The van der Waals surface area contributed by atoms with Gasteiger partial charge in [0.1, 0.15) is 0 Å². The smallest absolute Gasteiger partial charge is 0.398 e. The minimum absolute atomic E-state index is 0.0739. The molecule has 0 fully saturated rings. The molecule has 6 nitrogen and oxygen atoms in total. The fourth-order valence-corrected chi connectivity index (χ4v) is 1.59. The van der Waals surface area contributed by atoms with Crippen molar-refractivity contribution < 1.29 is 22.8 Å². The van der Waals surface area contributed by atoms with Gasteiger partial charge in [-0.05, 0) is 12.1 Å². The van der Waals surface area contributed by atoms with Crippen LogP contribution in [0.3, 0.4) is 0 Å². The van der Waals surface area contributed by atoms with Crippen LogP contribution in [0.25, 0.3) is 10.9 Å². The number of benzene rings is 1. The monoisotopic (exact) mass is 273 g/mol. The van der Waals surface area contributed by atoms with Crippen molar-refractivity contribution in [2.75, 3.05) is 5.73 Å². The van der Waals surface area contributed by atoms with Gasteiger partial charge in [0.2, 0.25) is 11.6 Å². The second-order valence-electron chi connectivity index (χ2n) is 3.50. The zero-order valence-electron chi connectivity index (χ0n) is 9.14. The molecule has 0 aliphatic rings. The predicted octanol–water partition coefficient (Wildman–Crippen LogP) is 2.62. The van der Waals surface area contributed by atoms with Crippen LogP contribution in [0.4, 0.5) is 24.7 Å². The summed E-state index contributed by atoms with van der Waals surface area (Å²) in [6.45, 7) is 0. The summed E-state index contributed by atoms with van der Waals surface area (Å²) in [5.41, 5.74) is 4.38. The van der Waals surface area contributed by atoms with Crippen molar-refractivity contribution in [1.82, 2.24) is 4.98 Å². The number of aromatic nitrogens is 1. The highest BCUT2D eigenvalue weighted by Crippen LogP contribution is 2.40. The van der Waals surface area contributed by atoms with Gasteiger partial charge in [-0.15, -0.1) is 13.2 Å². The summed E-state index contributed by atoms with van der Waals surface area (Å²) in [6.07, 6.45) is -5.07. The molecule has 0 atom stereocenters. The Morgan fingerprint density at radius 1 is 1.32 bits per heavy atom. The lowest BCUT2D eigenvalue weighted by Gasteiger charge is -2.12. The van der Waals surface area contributed by atoms with Gasteiger partial charge in [0, 0.05) is 0 Å². The van der Waals surface area contributed by atoms with E-state index in [0.717, 1.165) is 0 Å². The van der Waals surface area contributed by atoms with Gasteiger partial charge < -0.3 is 10.5 Å². The van der Waals surface area contributed by atoms with Crippen molar-refractivity contribution in [2.45, 2.75) is 6.36 Å². The first-order valence-corrected chi connectivity index (χ1v) is 4.88. The van der Waals surface area contributed by atoms with Crippen LogP contribution in [-0.4, -0.2) is 16.3 Å². The minimum atomic E-state index is -5.07. The maximum Gasteiger partial charge on any atom is 0.573 e. The van der Waals surface area contributed by atoms with Gasteiger partial charge in [-0.25, -0.2) is 4.98 Å². The number of anilines is 1. The highest BCUT2D eigenvalue weighted by atomic mass is 19.4. The van der Waals surface area contributed by atoms with Gasteiger partial charge >= 0.3 is 12.0 Å². The van der Waals surface area contributed by atoms with E-state index in [1.165, 1.54) is 24.3 Å². The first-order chi connectivity index (χ1) is 8.79. The number of hydrogen-bond acceptors (Lipinski definition) is 5. The number of pyridine rings is 1. The maximum absolute atomic E-state index is 12.3. The Bertz CT molecular complexity index is 657. The van der Waals surface area contributed by atoms with E-state index in [2.05, 4.69) is 9.72 Å². The molecule has 1 heterocycles. The number of hydrogen-bond donors (Lipinski definition) is 1. The molecule has 1 aromatic carbocycles. The van der Waals surface area contributed by atoms with Gasteiger partial charge in [-0.3, -0.25) is 10.1 Å². The van der Waals surface area contributed by atoms with Crippen molar-refractivity contribution in [3.8, 4) is 5.75 Å². The fourth-order valence-electron chi connectivity index (χ4n) is 1.59. The number of nitrogen functional groups attached to an aromatic ring is 1. The highest BCUT2D eigenvalue weighted by molar-refractivity contribution is 5.92. The number of fused-ring (bicyclic) bond motifs is 1. The zero-order chi connectivity index (χ0) is 14.2. The number of nitrogens with two attached hydrogens (primary N) is 1. The minimum Gasteiger partial charge on any atom is -0.398 e. The van der Waals surface area contributed by atoms with E-state index >= 15 is 0 Å². The van der Waals surface area contributed by atoms with Crippen LogP contribution in [0, 0.1) is 10.1 Å². The Hall–Kier alpha value is -2.58. The third kappa shape index (κ3) is 2.49. The van der Waals surface area contributed by atoms with Gasteiger partial charge in [-0.1, -0.05) is 12.1 Å². The number of nitro groups is 1. The number of rotatable bonds is 2. The lowest BCUT2D eigenvalue weighted by Crippen LogP contribution is -2.19.